The molecule has 20 heavy (non-hydrogen) atoms. The van der Waals surface area contributed by atoms with Gasteiger partial charge in [-0.05, 0) is 24.0 Å². The molecular formula is C15H23NO4. The molecule has 0 aliphatic carbocycles. The van der Waals surface area contributed by atoms with Crippen LogP contribution in [0.4, 0.5) is 0 Å². The number of methoxy groups -OCH3 is 2. The Morgan fingerprint density at radius 1 is 1.30 bits per heavy atom. The third kappa shape index (κ3) is 4.13. The predicted octanol–water partition coefficient (Wildman–Crippen LogP) is 1.84. The van der Waals surface area contributed by atoms with E-state index in [-0.39, 0.29) is 17.9 Å². The van der Waals surface area contributed by atoms with Crippen molar-refractivity contribution >= 4 is 5.91 Å². The van der Waals surface area contributed by atoms with E-state index in [0.717, 1.165) is 0 Å². The summed E-state index contributed by atoms with van der Waals surface area (Å²) >= 11 is 0. The van der Waals surface area contributed by atoms with E-state index in [4.69, 9.17) is 14.6 Å². The molecule has 0 aliphatic heterocycles. The number of rotatable bonds is 7. The molecular weight excluding hydrogens is 258 g/mol. The van der Waals surface area contributed by atoms with Gasteiger partial charge in [0.05, 0.1) is 19.8 Å². The summed E-state index contributed by atoms with van der Waals surface area (Å²) in [4.78, 5) is 12.2. The van der Waals surface area contributed by atoms with Crippen LogP contribution in [0.1, 0.15) is 30.6 Å². The average molecular weight is 281 g/mol. The van der Waals surface area contributed by atoms with Crippen LogP contribution < -0.4 is 14.8 Å². The van der Waals surface area contributed by atoms with Gasteiger partial charge in [0.15, 0.2) is 11.5 Å². The van der Waals surface area contributed by atoms with Crippen molar-refractivity contribution in [3.63, 3.8) is 0 Å². The van der Waals surface area contributed by atoms with E-state index >= 15 is 0 Å². The Kier molecular flexibility index (Phi) is 5.82. The van der Waals surface area contributed by atoms with Crippen LogP contribution in [0.15, 0.2) is 18.2 Å². The molecule has 1 aromatic rings. The van der Waals surface area contributed by atoms with Gasteiger partial charge in [-0.2, -0.15) is 0 Å². The smallest absolute Gasteiger partial charge is 0.255 e. The lowest BCUT2D eigenvalue weighted by atomic mass is 9.89. The second-order valence-electron chi connectivity index (χ2n) is 5.36. The first-order valence-corrected chi connectivity index (χ1v) is 6.55. The molecule has 0 saturated heterocycles. The number of hydrogen-bond acceptors (Lipinski definition) is 4. The van der Waals surface area contributed by atoms with Crippen molar-refractivity contribution in [2.45, 2.75) is 20.3 Å². The van der Waals surface area contributed by atoms with Crippen LogP contribution in [-0.2, 0) is 0 Å². The standard InChI is InChI=1S/C15H23NO4/c1-15(2,8-9-17)10-16-14(18)11-6-5-7-12(19-3)13(11)20-4/h5-7,17H,8-10H2,1-4H3,(H,16,18). The maximum Gasteiger partial charge on any atom is 0.255 e. The Hall–Kier alpha value is -1.75. The van der Waals surface area contributed by atoms with Crippen molar-refractivity contribution in [2.75, 3.05) is 27.4 Å². The second kappa shape index (κ2) is 7.14. The number of carbonyl (C=O) groups excluding carboxylic acids is 1. The van der Waals surface area contributed by atoms with Gasteiger partial charge in [0.25, 0.3) is 5.91 Å². The zero-order valence-electron chi connectivity index (χ0n) is 12.5. The highest BCUT2D eigenvalue weighted by Gasteiger charge is 2.21. The molecule has 112 valence electrons. The quantitative estimate of drug-likeness (QED) is 0.800. The van der Waals surface area contributed by atoms with Gasteiger partial charge in [0.1, 0.15) is 0 Å². The SMILES string of the molecule is COc1cccc(C(=O)NCC(C)(C)CCO)c1OC. The average Bonchev–Trinajstić information content (AvgIpc) is 2.43. The van der Waals surface area contributed by atoms with Crippen LogP contribution in [-0.4, -0.2) is 38.4 Å². The minimum atomic E-state index is -0.216. The molecule has 0 aliphatic rings. The monoisotopic (exact) mass is 281 g/mol. The van der Waals surface area contributed by atoms with Gasteiger partial charge in [-0.1, -0.05) is 19.9 Å². The van der Waals surface area contributed by atoms with Crippen molar-refractivity contribution in [3.8, 4) is 11.5 Å². The third-order valence-electron chi connectivity index (χ3n) is 3.16. The minimum absolute atomic E-state index is 0.103. The van der Waals surface area contributed by atoms with Crippen LogP contribution in [0.3, 0.4) is 0 Å². The number of carbonyl (C=O) groups is 1. The molecule has 0 fully saturated rings. The number of nitrogens with one attached hydrogen (secondary N) is 1. The maximum absolute atomic E-state index is 12.2. The predicted molar refractivity (Wildman–Crippen MR) is 77.4 cm³/mol. The molecule has 0 atom stereocenters. The van der Waals surface area contributed by atoms with Crippen molar-refractivity contribution in [3.05, 3.63) is 23.8 Å². The Labute approximate surface area is 119 Å². The highest BCUT2D eigenvalue weighted by atomic mass is 16.5. The third-order valence-corrected chi connectivity index (χ3v) is 3.16. The van der Waals surface area contributed by atoms with Crippen LogP contribution in [0.5, 0.6) is 11.5 Å². The number of aliphatic hydroxyl groups excluding tert-OH is 1. The van der Waals surface area contributed by atoms with Gasteiger partial charge < -0.3 is 19.9 Å². The van der Waals surface area contributed by atoms with E-state index in [1.165, 1.54) is 14.2 Å². The number of benzene rings is 1. The highest BCUT2D eigenvalue weighted by molar-refractivity contribution is 5.97. The fourth-order valence-corrected chi connectivity index (χ4v) is 1.87. The summed E-state index contributed by atoms with van der Waals surface area (Å²) in [5.41, 5.74) is 0.280. The van der Waals surface area contributed by atoms with Crippen LogP contribution in [0.2, 0.25) is 0 Å². The van der Waals surface area contributed by atoms with Gasteiger partial charge in [0.2, 0.25) is 0 Å². The molecule has 0 saturated carbocycles. The molecule has 0 heterocycles. The van der Waals surface area contributed by atoms with Gasteiger partial charge in [-0.25, -0.2) is 0 Å². The molecule has 5 heteroatoms. The largest absolute Gasteiger partial charge is 0.493 e. The summed E-state index contributed by atoms with van der Waals surface area (Å²) in [6.45, 7) is 4.57. The number of hydrogen-bond donors (Lipinski definition) is 2. The Bertz CT molecular complexity index is 457. The van der Waals surface area contributed by atoms with Crippen molar-refractivity contribution < 1.29 is 19.4 Å². The molecule has 5 nitrogen and oxygen atoms in total. The van der Waals surface area contributed by atoms with Crippen LogP contribution in [0, 0.1) is 5.41 Å². The van der Waals surface area contributed by atoms with Crippen molar-refractivity contribution in [1.29, 1.82) is 0 Å². The van der Waals surface area contributed by atoms with E-state index in [0.29, 0.717) is 30.0 Å². The molecule has 1 amide bonds. The van der Waals surface area contributed by atoms with Crippen LogP contribution in [0.25, 0.3) is 0 Å². The summed E-state index contributed by atoms with van der Waals surface area (Å²) in [6.07, 6.45) is 0.628. The van der Waals surface area contributed by atoms with E-state index in [9.17, 15) is 4.79 Å². The van der Waals surface area contributed by atoms with E-state index < -0.39 is 0 Å². The summed E-state index contributed by atoms with van der Waals surface area (Å²) in [6, 6.07) is 5.18. The minimum Gasteiger partial charge on any atom is -0.493 e. The fourth-order valence-electron chi connectivity index (χ4n) is 1.87. The van der Waals surface area contributed by atoms with E-state index in [1.54, 1.807) is 18.2 Å². The van der Waals surface area contributed by atoms with Crippen molar-refractivity contribution in [1.82, 2.24) is 5.32 Å². The molecule has 0 unspecified atom stereocenters. The first kappa shape index (κ1) is 16.3. The maximum atomic E-state index is 12.2. The van der Waals surface area contributed by atoms with E-state index in [2.05, 4.69) is 5.32 Å². The first-order chi connectivity index (χ1) is 9.45. The fraction of sp³-hybridized carbons (Fsp3) is 0.533. The number of amides is 1. The zero-order chi connectivity index (χ0) is 15.2. The first-order valence-electron chi connectivity index (χ1n) is 6.55. The summed E-state index contributed by atoms with van der Waals surface area (Å²) in [5, 5.41) is 11.8. The number of para-hydroxylation sites is 1. The molecule has 2 N–H and O–H groups in total. The molecule has 0 radical (unpaired) electrons. The Morgan fingerprint density at radius 2 is 2.00 bits per heavy atom. The van der Waals surface area contributed by atoms with Gasteiger partial charge in [0, 0.05) is 13.2 Å². The van der Waals surface area contributed by atoms with Crippen LogP contribution >= 0.6 is 0 Å². The summed E-state index contributed by atoms with van der Waals surface area (Å²) in [7, 11) is 3.04. The lowest BCUT2D eigenvalue weighted by molar-refractivity contribution is 0.0924. The van der Waals surface area contributed by atoms with Gasteiger partial charge in [-0.15, -0.1) is 0 Å². The Morgan fingerprint density at radius 3 is 2.55 bits per heavy atom. The van der Waals surface area contributed by atoms with E-state index in [1.807, 2.05) is 13.8 Å². The Balaban J connectivity index is 2.83. The molecule has 0 spiro atoms. The lowest BCUT2D eigenvalue weighted by Crippen LogP contribution is -2.34. The van der Waals surface area contributed by atoms with Gasteiger partial charge >= 0.3 is 0 Å². The summed E-state index contributed by atoms with van der Waals surface area (Å²) < 4.78 is 10.4. The normalized spacial score (nSPS) is 11.1. The lowest BCUT2D eigenvalue weighted by Gasteiger charge is -2.24. The van der Waals surface area contributed by atoms with Crippen molar-refractivity contribution in [2.24, 2.45) is 5.41 Å². The second-order valence-corrected chi connectivity index (χ2v) is 5.36. The molecule has 0 aromatic heterocycles. The number of aliphatic hydroxyl groups is 1. The highest BCUT2D eigenvalue weighted by Crippen LogP contribution is 2.30. The molecule has 1 aromatic carbocycles. The molecule has 0 bridgehead atoms. The van der Waals surface area contributed by atoms with Gasteiger partial charge in [-0.3, -0.25) is 4.79 Å². The zero-order valence-corrected chi connectivity index (χ0v) is 12.5. The molecule has 1 rings (SSSR count). The topological polar surface area (TPSA) is 67.8 Å². The summed E-state index contributed by atoms with van der Waals surface area (Å²) in [5.74, 6) is 0.731. The number of ether oxygens (including phenoxy) is 2.